The molecular formula is C15H20N4O3. The van der Waals surface area contributed by atoms with Gasteiger partial charge < -0.3 is 15.9 Å². The topological polar surface area (TPSA) is 114 Å². The molecule has 1 aliphatic rings. The largest absolute Gasteiger partial charge is 0.503 e. The van der Waals surface area contributed by atoms with E-state index in [1.807, 2.05) is 29.1 Å². The van der Waals surface area contributed by atoms with Gasteiger partial charge in [-0.25, -0.2) is 14.8 Å². The first-order valence-electron chi connectivity index (χ1n) is 7.19. The van der Waals surface area contributed by atoms with E-state index in [2.05, 4.69) is 16.2 Å². The van der Waals surface area contributed by atoms with Crippen molar-refractivity contribution >= 4 is 6.16 Å². The molecule has 0 saturated heterocycles. The highest BCUT2D eigenvalue weighted by atomic mass is 16.6. The van der Waals surface area contributed by atoms with Crippen LogP contribution in [0.2, 0.25) is 0 Å². The Kier molecular flexibility index (Phi) is 5.48. The van der Waals surface area contributed by atoms with Crippen LogP contribution in [0.4, 0.5) is 4.79 Å². The van der Waals surface area contributed by atoms with E-state index in [-0.39, 0.29) is 0 Å². The van der Waals surface area contributed by atoms with Gasteiger partial charge in [-0.1, -0.05) is 6.07 Å². The van der Waals surface area contributed by atoms with Gasteiger partial charge in [-0.3, -0.25) is 4.57 Å². The van der Waals surface area contributed by atoms with Crippen molar-refractivity contribution in [3.05, 3.63) is 42.6 Å². The van der Waals surface area contributed by atoms with Gasteiger partial charge in [0.2, 0.25) is 0 Å². The Bertz CT molecular complexity index is 596. The number of pyridine rings is 1. The van der Waals surface area contributed by atoms with Crippen LogP contribution in [-0.2, 0) is 0 Å². The Morgan fingerprint density at radius 2 is 2.14 bits per heavy atom. The second-order valence-corrected chi connectivity index (χ2v) is 5.21. The van der Waals surface area contributed by atoms with Crippen LogP contribution in [0.5, 0.6) is 0 Å². The lowest BCUT2D eigenvalue weighted by Crippen LogP contribution is -1.98. The maximum atomic E-state index is 8.56. The van der Waals surface area contributed by atoms with Crippen LogP contribution in [0, 0.1) is 5.92 Å². The summed E-state index contributed by atoms with van der Waals surface area (Å²) in [6.45, 7) is 0.797. The third-order valence-electron chi connectivity index (χ3n) is 3.60. The molecule has 0 radical (unpaired) electrons. The molecule has 2 atom stereocenters. The molecule has 0 unspecified atom stereocenters. The van der Waals surface area contributed by atoms with Gasteiger partial charge in [-0.2, -0.15) is 0 Å². The molecular weight excluding hydrogens is 284 g/mol. The fourth-order valence-electron chi connectivity index (χ4n) is 2.47. The molecule has 2 heterocycles. The molecule has 22 heavy (non-hydrogen) atoms. The minimum atomic E-state index is -1.83. The summed E-state index contributed by atoms with van der Waals surface area (Å²) in [7, 11) is 0. The summed E-state index contributed by atoms with van der Waals surface area (Å²) < 4.78 is 1.99. The molecule has 0 aromatic carbocycles. The zero-order chi connectivity index (χ0) is 15.9. The predicted molar refractivity (Wildman–Crippen MR) is 81.1 cm³/mol. The molecule has 7 nitrogen and oxygen atoms in total. The Morgan fingerprint density at radius 3 is 2.77 bits per heavy atom. The predicted octanol–water partition coefficient (Wildman–Crippen LogP) is 2.33. The monoisotopic (exact) mass is 304 g/mol. The lowest BCUT2D eigenvalue weighted by molar-refractivity contribution is 0.137. The van der Waals surface area contributed by atoms with E-state index in [9.17, 15) is 0 Å². The average Bonchev–Trinajstić information content (AvgIpc) is 3.11. The van der Waals surface area contributed by atoms with Crippen molar-refractivity contribution in [2.45, 2.75) is 25.2 Å². The number of hydrogen-bond acceptors (Lipinski definition) is 4. The molecule has 3 rings (SSSR count). The van der Waals surface area contributed by atoms with Crippen LogP contribution in [0.1, 0.15) is 30.9 Å². The van der Waals surface area contributed by atoms with Gasteiger partial charge in [0.1, 0.15) is 12.1 Å². The molecule has 1 aliphatic carbocycles. The summed E-state index contributed by atoms with van der Waals surface area (Å²) in [4.78, 5) is 17.4. The van der Waals surface area contributed by atoms with E-state index in [1.54, 1.807) is 6.20 Å². The molecule has 118 valence electrons. The maximum absolute atomic E-state index is 8.56. The summed E-state index contributed by atoms with van der Waals surface area (Å²) >= 11 is 0. The second kappa shape index (κ2) is 7.56. The lowest BCUT2D eigenvalue weighted by Gasteiger charge is -1.98. The summed E-state index contributed by atoms with van der Waals surface area (Å²) in [5, 5.41) is 13.9. The van der Waals surface area contributed by atoms with Gasteiger partial charge in [0.25, 0.3) is 0 Å². The normalized spacial score (nSPS) is 19.1. The van der Waals surface area contributed by atoms with E-state index >= 15 is 0 Å². The maximum Gasteiger partial charge on any atom is 0.503 e. The first-order valence-corrected chi connectivity index (χ1v) is 7.19. The van der Waals surface area contributed by atoms with E-state index in [4.69, 9.17) is 20.7 Å². The highest BCUT2D eigenvalue weighted by Crippen LogP contribution is 2.49. The standard InChI is InChI=1S/C14H18N4.CH2O3/c15-6-3-4-11-8-12(11)13-9-18(10-17-13)14-5-1-2-7-16-14;2-1(3)4/h1-2,5,7,9-12H,3-4,6,8,15H2;(H2,2,3,4)/t11-,12+;/m0./s1. The van der Waals surface area contributed by atoms with E-state index in [0.29, 0.717) is 5.92 Å². The molecule has 0 spiro atoms. The molecule has 4 N–H and O–H groups in total. The molecule has 1 fully saturated rings. The Morgan fingerprint density at radius 1 is 1.36 bits per heavy atom. The first kappa shape index (κ1) is 16.0. The lowest BCUT2D eigenvalue weighted by atomic mass is 10.1. The third kappa shape index (κ3) is 4.56. The Labute approximate surface area is 128 Å². The number of rotatable bonds is 5. The minimum Gasteiger partial charge on any atom is -0.450 e. The molecule has 2 aromatic heterocycles. The van der Waals surface area contributed by atoms with E-state index < -0.39 is 6.16 Å². The van der Waals surface area contributed by atoms with Crippen molar-refractivity contribution in [3.63, 3.8) is 0 Å². The molecule has 1 saturated carbocycles. The first-order chi connectivity index (χ1) is 10.6. The van der Waals surface area contributed by atoms with Crippen LogP contribution >= 0.6 is 0 Å². The van der Waals surface area contributed by atoms with Crippen LogP contribution < -0.4 is 5.73 Å². The molecule has 2 aromatic rings. The van der Waals surface area contributed by atoms with Crippen molar-refractivity contribution in [1.82, 2.24) is 14.5 Å². The number of aromatic nitrogens is 3. The van der Waals surface area contributed by atoms with Gasteiger partial charge in [0.05, 0.1) is 5.69 Å². The molecule has 7 heteroatoms. The number of nitrogens with zero attached hydrogens (tertiary/aromatic N) is 3. The van der Waals surface area contributed by atoms with Crippen LogP contribution in [0.25, 0.3) is 5.82 Å². The van der Waals surface area contributed by atoms with Crippen LogP contribution in [0.15, 0.2) is 36.9 Å². The van der Waals surface area contributed by atoms with E-state index in [0.717, 1.165) is 24.7 Å². The zero-order valence-corrected chi connectivity index (χ0v) is 12.2. The second-order valence-electron chi connectivity index (χ2n) is 5.21. The van der Waals surface area contributed by atoms with Gasteiger partial charge >= 0.3 is 6.16 Å². The number of nitrogens with two attached hydrogens (primary N) is 1. The van der Waals surface area contributed by atoms with Gasteiger partial charge in [0.15, 0.2) is 0 Å². The van der Waals surface area contributed by atoms with Crippen LogP contribution in [0.3, 0.4) is 0 Å². The number of carbonyl (C=O) groups is 1. The Balaban J connectivity index is 0.000000396. The summed E-state index contributed by atoms with van der Waals surface area (Å²) in [6.07, 6.45) is 7.56. The molecule has 0 amide bonds. The number of imidazole rings is 1. The van der Waals surface area contributed by atoms with Crippen molar-refractivity contribution in [2.75, 3.05) is 6.54 Å². The fraction of sp³-hybridized carbons (Fsp3) is 0.400. The van der Waals surface area contributed by atoms with Gasteiger partial charge in [-0.05, 0) is 43.9 Å². The Hall–Kier alpha value is -2.41. The van der Waals surface area contributed by atoms with Gasteiger partial charge in [-0.15, -0.1) is 0 Å². The van der Waals surface area contributed by atoms with Crippen molar-refractivity contribution in [1.29, 1.82) is 0 Å². The summed E-state index contributed by atoms with van der Waals surface area (Å²) in [5.74, 6) is 2.36. The fourth-order valence-corrected chi connectivity index (χ4v) is 2.47. The number of carboxylic acid groups (broad SMARTS) is 2. The SMILES string of the molecule is NCCC[C@H]1C[C@H]1c1cn(-c2ccccn2)cn1.O=C(O)O. The average molecular weight is 304 g/mol. The minimum absolute atomic E-state index is 0.640. The summed E-state index contributed by atoms with van der Waals surface area (Å²) in [5.41, 5.74) is 6.74. The van der Waals surface area contributed by atoms with Crippen LogP contribution in [-0.4, -0.2) is 37.4 Å². The zero-order valence-electron chi connectivity index (χ0n) is 12.2. The van der Waals surface area contributed by atoms with Crippen molar-refractivity contribution < 1.29 is 15.0 Å². The highest BCUT2D eigenvalue weighted by Gasteiger charge is 2.39. The van der Waals surface area contributed by atoms with E-state index in [1.165, 1.54) is 18.5 Å². The molecule has 0 bridgehead atoms. The smallest absolute Gasteiger partial charge is 0.450 e. The van der Waals surface area contributed by atoms with Gasteiger partial charge in [0, 0.05) is 18.3 Å². The highest BCUT2D eigenvalue weighted by molar-refractivity contribution is 5.53. The quantitative estimate of drug-likeness (QED) is 0.781. The van der Waals surface area contributed by atoms with Crippen molar-refractivity contribution in [3.8, 4) is 5.82 Å². The number of hydrogen-bond donors (Lipinski definition) is 3. The third-order valence-corrected chi connectivity index (χ3v) is 3.60. The molecule has 0 aliphatic heterocycles. The van der Waals surface area contributed by atoms with Crippen molar-refractivity contribution in [2.24, 2.45) is 11.7 Å². The summed E-state index contributed by atoms with van der Waals surface area (Å²) in [6, 6.07) is 5.90.